The maximum absolute atomic E-state index is 11.5. The van der Waals surface area contributed by atoms with Crippen LogP contribution in [0, 0.1) is 0 Å². The zero-order valence-electron chi connectivity index (χ0n) is 13.7. The molecule has 0 fully saturated rings. The molecule has 1 aliphatic heterocycles. The molecule has 2 heterocycles. The van der Waals surface area contributed by atoms with Crippen LogP contribution in [0.1, 0.15) is 12.0 Å². The highest BCUT2D eigenvalue weighted by Gasteiger charge is 2.16. The third-order valence-electron chi connectivity index (χ3n) is 4.14. The van der Waals surface area contributed by atoms with Gasteiger partial charge in [0, 0.05) is 28.7 Å². The molecule has 25 heavy (non-hydrogen) atoms. The van der Waals surface area contributed by atoms with Crippen LogP contribution >= 0.6 is 11.3 Å². The van der Waals surface area contributed by atoms with Gasteiger partial charge in [0.15, 0.2) is 5.13 Å². The predicted molar refractivity (Wildman–Crippen MR) is 101 cm³/mol. The number of methoxy groups -OCH3 is 1. The molecule has 0 atom stereocenters. The van der Waals surface area contributed by atoms with E-state index in [1.165, 1.54) is 0 Å². The SMILES string of the molecule is COc1ccc(Nc2nc(-c3ccc4c(c3)CCC(=O)N4)cs2)cc1. The van der Waals surface area contributed by atoms with E-state index in [4.69, 9.17) is 4.74 Å². The average molecular weight is 351 g/mol. The van der Waals surface area contributed by atoms with E-state index in [-0.39, 0.29) is 5.91 Å². The average Bonchev–Trinajstić information content (AvgIpc) is 3.10. The fraction of sp³-hybridized carbons (Fsp3) is 0.158. The summed E-state index contributed by atoms with van der Waals surface area (Å²) in [5.74, 6) is 0.909. The summed E-state index contributed by atoms with van der Waals surface area (Å²) in [4.78, 5) is 16.1. The number of rotatable bonds is 4. The van der Waals surface area contributed by atoms with Gasteiger partial charge in [-0.25, -0.2) is 4.98 Å². The molecule has 0 bridgehead atoms. The molecule has 2 aromatic carbocycles. The zero-order chi connectivity index (χ0) is 17.2. The lowest BCUT2D eigenvalue weighted by molar-refractivity contribution is -0.116. The van der Waals surface area contributed by atoms with E-state index in [0.29, 0.717) is 6.42 Å². The molecule has 0 spiro atoms. The van der Waals surface area contributed by atoms with Crippen LogP contribution in [0.25, 0.3) is 11.3 Å². The minimum Gasteiger partial charge on any atom is -0.497 e. The van der Waals surface area contributed by atoms with Gasteiger partial charge in [0.2, 0.25) is 5.91 Å². The maximum atomic E-state index is 11.5. The van der Waals surface area contributed by atoms with E-state index in [1.807, 2.05) is 41.8 Å². The number of benzene rings is 2. The molecule has 6 heteroatoms. The number of carbonyl (C=O) groups is 1. The van der Waals surface area contributed by atoms with E-state index in [0.717, 1.165) is 45.5 Å². The van der Waals surface area contributed by atoms with Gasteiger partial charge in [-0.15, -0.1) is 11.3 Å². The number of thiazole rings is 1. The molecule has 0 unspecified atom stereocenters. The molecule has 0 aliphatic carbocycles. The first-order valence-electron chi connectivity index (χ1n) is 8.01. The summed E-state index contributed by atoms with van der Waals surface area (Å²) in [6.07, 6.45) is 1.31. The monoisotopic (exact) mass is 351 g/mol. The number of nitrogens with one attached hydrogen (secondary N) is 2. The van der Waals surface area contributed by atoms with Gasteiger partial charge in [0.1, 0.15) is 5.75 Å². The van der Waals surface area contributed by atoms with E-state index in [2.05, 4.69) is 21.7 Å². The first kappa shape index (κ1) is 15.7. The Labute approximate surface area is 149 Å². The minimum absolute atomic E-state index is 0.0832. The normalized spacial score (nSPS) is 13.1. The van der Waals surface area contributed by atoms with Crippen LogP contribution in [0.4, 0.5) is 16.5 Å². The van der Waals surface area contributed by atoms with Crippen LogP contribution in [0.2, 0.25) is 0 Å². The lowest BCUT2D eigenvalue weighted by Gasteiger charge is -2.17. The molecule has 1 aromatic heterocycles. The van der Waals surface area contributed by atoms with Gasteiger partial charge in [-0.2, -0.15) is 0 Å². The topological polar surface area (TPSA) is 63.2 Å². The number of ether oxygens (including phenoxy) is 1. The van der Waals surface area contributed by atoms with Crippen LogP contribution in [-0.2, 0) is 11.2 Å². The van der Waals surface area contributed by atoms with Gasteiger partial charge in [-0.05, 0) is 48.4 Å². The molecule has 4 rings (SSSR count). The third kappa shape index (κ3) is 3.34. The lowest BCUT2D eigenvalue weighted by Crippen LogP contribution is -2.18. The Hall–Kier alpha value is -2.86. The third-order valence-corrected chi connectivity index (χ3v) is 4.90. The highest BCUT2D eigenvalue weighted by Crippen LogP contribution is 2.31. The highest BCUT2D eigenvalue weighted by molar-refractivity contribution is 7.14. The van der Waals surface area contributed by atoms with Crippen molar-refractivity contribution in [2.24, 2.45) is 0 Å². The van der Waals surface area contributed by atoms with Crippen molar-refractivity contribution in [3.8, 4) is 17.0 Å². The molecule has 0 radical (unpaired) electrons. The fourth-order valence-electron chi connectivity index (χ4n) is 2.80. The minimum atomic E-state index is 0.0832. The van der Waals surface area contributed by atoms with Gasteiger partial charge in [-0.3, -0.25) is 4.79 Å². The van der Waals surface area contributed by atoms with Crippen molar-refractivity contribution in [3.63, 3.8) is 0 Å². The van der Waals surface area contributed by atoms with E-state index in [9.17, 15) is 4.79 Å². The zero-order valence-corrected chi connectivity index (χ0v) is 14.5. The van der Waals surface area contributed by atoms with Gasteiger partial charge in [0.05, 0.1) is 12.8 Å². The molecular weight excluding hydrogens is 334 g/mol. The van der Waals surface area contributed by atoms with Crippen molar-refractivity contribution >= 4 is 33.8 Å². The van der Waals surface area contributed by atoms with E-state index in [1.54, 1.807) is 18.4 Å². The number of aryl methyl sites for hydroxylation is 1. The summed E-state index contributed by atoms with van der Waals surface area (Å²) in [6.45, 7) is 0. The largest absolute Gasteiger partial charge is 0.497 e. The van der Waals surface area contributed by atoms with Gasteiger partial charge >= 0.3 is 0 Å². The molecule has 126 valence electrons. The Bertz CT molecular complexity index is 919. The van der Waals surface area contributed by atoms with Gasteiger partial charge < -0.3 is 15.4 Å². The second-order valence-corrected chi connectivity index (χ2v) is 6.67. The molecule has 0 saturated heterocycles. The first-order chi connectivity index (χ1) is 12.2. The number of hydrogen-bond acceptors (Lipinski definition) is 5. The number of nitrogens with zero attached hydrogens (tertiary/aromatic N) is 1. The highest BCUT2D eigenvalue weighted by atomic mass is 32.1. The Balaban J connectivity index is 1.53. The van der Waals surface area contributed by atoms with Crippen LogP contribution in [0.3, 0.4) is 0 Å². The number of amides is 1. The summed E-state index contributed by atoms with van der Waals surface area (Å²) in [5, 5.41) is 9.09. The fourth-order valence-corrected chi connectivity index (χ4v) is 3.54. The lowest BCUT2D eigenvalue weighted by atomic mass is 9.99. The molecule has 1 aliphatic rings. The predicted octanol–water partition coefficient (Wildman–Crippen LogP) is 4.45. The number of carbonyl (C=O) groups excluding carboxylic acids is 1. The van der Waals surface area contributed by atoms with Crippen LogP contribution in [-0.4, -0.2) is 18.0 Å². The molecule has 5 nitrogen and oxygen atoms in total. The molecule has 2 N–H and O–H groups in total. The van der Waals surface area contributed by atoms with Crippen molar-refractivity contribution < 1.29 is 9.53 Å². The molecule has 0 saturated carbocycles. The smallest absolute Gasteiger partial charge is 0.224 e. The second kappa shape index (κ2) is 6.57. The van der Waals surface area contributed by atoms with E-state index < -0.39 is 0 Å². The Morgan fingerprint density at radius 2 is 2.00 bits per heavy atom. The summed E-state index contributed by atoms with van der Waals surface area (Å²) < 4.78 is 5.17. The van der Waals surface area contributed by atoms with Crippen molar-refractivity contribution in [2.45, 2.75) is 12.8 Å². The molecule has 1 amide bonds. The van der Waals surface area contributed by atoms with E-state index >= 15 is 0 Å². The molecule has 3 aromatic rings. The summed E-state index contributed by atoms with van der Waals surface area (Å²) in [7, 11) is 1.65. The number of hydrogen-bond donors (Lipinski definition) is 2. The van der Waals surface area contributed by atoms with Gasteiger partial charge in [0.25, 0.3) is 0 Å². The second-order valence-electron chi connectivity index (χ2n) is 5.81. The van der Waals surface area contributed by atoms with Crippen LogP contribution in [0.15, 0.2) is 47.8 Å². The van der Waals surface area contributed by atoms with Gasteiger partial charge in [-0.1, -0.05) is 6.07 Å². The standard InChI is InChI=1S/C19H17N3O2S/c1-24-15-6-4-14(5-7-15)20-19-22-17(11-25-19)13-2-8-16-12(10-13)3-9-18(23)21-16/h2,4-8,10-11H,3,9H2,1H3,(H,20,22)(H,21,23). The maximum Gasteiger partial charge on any atom is 0.224 e. The number of fused-ring (bicyclic) bond motifs is 1. The van der Waals surface area contributed by atoms with Crippen molar-refractivity contribution in [2.75, 3.05) is 17.7 Å². The Morgan fingerprint density at radius 3 is 2.80 bits per heavy atom. The Kier molecular flexibility index (Phi) is 4.11. The van der Waals surface area contributed by atoms with Crippen LogP contribution in [0.5, 0.6) is 5.75 Å². The first-order valence-corrected chi connectivity index (χ1v) is 8.89. The number of anilines is 3. The van der Waals surface area contributed by atoms with Crippen molar-refractivity contribution in [3.05, 3.63) is 53.4 Å². The Morgan fingerprint density at radius 1 is 1.16 bits per heavy atom. The summed E-state index contributed by atoms with van der Waals surface area (Å²) in [6, 6.07) is 13.8. The summed E-state index contributed by atoms with van der Waals surface area (Å²) in [5.41, 5.74) is 5.03. The number of aromatic nitrogens is 1. The van der Waals surface area contributed by atoms with Crippen molar-refractivity contribution in [1.29, 1.82) is 0 Å². The quantitative estimate of drug-likeness (QED) is 0.729. The molecular formula is C19H17N3O2S. The van der Waals surface area contributed by atoms with Crippen molar-refractivity contribution in [1.82, 2.24) is 4.98 Å². The summed E-state index contributed by atoms with van der Waals surface area (Å²) >= 11 is 1.56. The van der Waals surface area contributed by atoms with Crippen LogP contribution < -0.4 is 15.4 Å².